The summed E-state index contributed by atoms with van der Waals surface area (Å²) in [7, 11) is -3.92. The Balaban J connectivity index is 1.34. The molecule has 1 atom stereocenters. The van der Waals surface area contributed by atoms with Gasteiger partial charge in [0.05, 0.1) is 22.1 Å². The lowest BCUT2D eigenvalue weighted by Gasteiger charge is -2.27. The molecule has 4 rings (SSSR count). The molecule has 1 fully saturated rings. The molecule has 1 aliphatic carbocycles. The van der Waals surface area contributed by atoms with Gasteiger partial charge in [0.1, 0.15) is 17.6 Å². The van der Waals surface area contributed by atoms with Crippen LogP contribution in [0.2, 0.25) is 0 Å². The van der Waals surface area contributed by atoms with Crippen LogP contribution in [0.5, 0.6) is 0 Å². The van der Waals surface area contributed by atoms with Gasteiger partial charge in [-0.15, -0.1) is 0 Å². The summed E-state index contributed by atoms with van der Waals surface area (Å²) in [5, 5.41) is 12.2. The van der Waals surface area contributed by atoms with Gasteiger partial charge in [-0.3, -0.25) is 4.79 Å². The number of hydrogen-bond acceptors (Lipinski definition) is 4. The van der Waals surface area contributed by atoms with Crippen LogP contribution in [0.15, 0.2) is 76.0 Å². The van der Waals surface area contributed by atoms with E-state index in [1.165, 1.54) is 30.5 Å². The maximum atomic E-state index is 13.2. The molecule has 0 heterocycles. The molecule has 1 amide bonds. The predicted molar refractivity (Wildman–Crippen MR) is 150 cm³/mol. The van der Waals surface area contributed by atoms with Gasteiger partial charge in [-0.25, -0.2) is 4.39 Å². The zero-order valence-electron chi connectivity index (χ0n) is 22.1. The number of halogens is 1. The summed E-state index contributed by atoms with van der Waals surface area (Å²) in [6.07, 6.45) is 4.04. The number of hydrogen-bond donors (Lipinski definition) is 2. The first-order valence-corrected chi connectivity index (χ1v) is 14.4. The summed E-state index contributed by atoms with van der Waals surface area (Å²) in [6.45, 7) is 1.86. The largest absolute Gasteiger partial charge is 0.349 e. The first-order valence-electron chi connectivity index (χ1n) is 13.0. The highest BCUT2D eigenvalue weighted by Crippen LogP contribution is 2.29. The van der Waals surface area contributed by atoms with Crippen LogP contribution in [0.25, 0.3) is 0 Å². The number of nitrogens with one attached hydrogen (secondary N) is 1. The molecule has 0 radical (unpaired) electrons. The zero-order chi connectivity index (χ0) is 28.7. The molecular formula is C31H30FN4O3S+. The predicted octanol–water partition coefficient (Wildman–Crippen LogP) is 4.41. The van der Waals surface area contributed by atoms with E-state index in [-0.39, 0.29) is 34.5 Å². The van der Waals surface area contributed by atoms with E-state index in [0.717, 1.165) is 5.56 Å². The van der Waals surface area contributed by atoms with E-state index < -0.39 is 10.0 Å². The number of sulfonamides is 1. The monoisotopic (exact) mass is 557 g/mol. The summed E-state index contributed by atoms with van der Waals surface area (Å²) in [4.78, 5) is 12.8. The van der Waals surface area contributed by atoms with Crippen molar-refractivity contribution in [2.24, 2.45) is 16.2 Å². The number of carbonyl (C=O) groups excluding carboxylic acids is 1. The van der Waals surface area contributed by atoms with Crippen LogP contribution in [0.1, 0.15) is 60.9 Å². The summed E-state index contributed by atoms with van der Waals surface area (Å²) in [5.41, 5.74) is 6.80. The van der Waals surface area contributed by atoms with Gasteiger partial charge in [0.25, 0.3) is 10.0 Å². The van der Waals surface area contributed by atoms with Crippen LogP contribution < -0.4 is 11.1 Å². The number of nitriles is 1. The van der Waals surface area contributed by atoms with E-state index in [2.05, 4.69) is 33.4 Å². The molecule has 3 aromatic rings. The Kier molecular flexibility index (Phi) is 9.11. The molecule has 0 aliphatic heterocycles. The van der Waals surface area contributed by atoms with Crippen molar-refractivity contribution in [3.05, 3.63) is 94.8 Å². The van der Waals surface area contributed by atoms with Crippen LogP contribution in [-0.2, 0) is 14.8 Å². The number of benzene rings is 3. The average molecular weight is 558 g/mol. The second-order valence-corrected chi connectivity index (χ2v) is 11.5. The normalized spacial score (nSPS) is 17.9. The fraction of sp³-hybridized carbons (Fsp3) is 0.258. The quantitative estimate of drug-likeness (QED) is 0.344. The van der Waals surface area contributed by atoms with Crippen molar-refractivity contribution < 1.29 is 23.3 Å². The Labute approximate surface area is 234 Å². The first-order chi connectivity index (χ1) is 19.2. The van der Waals surface area contributed by atoms with Crippen molar-refractivity contribution in [3.63, 3.8) is 0 Å². The SMILES string of the molecule is C[C@@H](NC(=O)C1CCC(/C=N\S(=O)(=O)c2ccc(C#Cc3ccccc3C#N)c([NH3+])c2)CC1)c1ccc(F)cc1. The number of rotatable bonds is 6. The van der Waals surface area contributed by atoms with Crippen LogP contribution in [-0.4, -0.2) is 20.5 Å². The van der Waals surface area contributed by atoms with Crippen molar-refractivity contribution >= 4 is 27.8 Å². The fourth-order valence-corrected chi connectivity index (χ4v) is 5.59. The Morgan fingerprint density at radius 3 is 2.33 bits per heavy atom. The van der Waals surface area contributed by atoms with Crippen LogP contribution in [0, 0.1) is 40.8 Å². The lowest BCUT2D eigenvalue weighted by Crippen LogP contribution is -2.41. The van der Waals surface area contributed by atoms with Gasteiger partial charge in [0.15, 0.2) is 0 Å². The summed E-state index contributed by atoms with van der Waals surface area (Å²) in [6, 6.07) is 19.4. The minimum Gasteiger partial charge on any atom is -0.349 e. The molecule has 0 bridgehead atoms. The summed E-state index contributed by atoms with van der Waals surface area (Å²) < 4.78 is 42.8. The third-order valence-corrected chi connectivity index (χ3v) is 8.28. The van der Waals surface area contributed by atoms with E-state index in [4.69, 9.17) is 0 Å². The zero-order valence-corrected chi connectivity index (χ0v) is 22.9. The molecule has 40 heavy (non-hydrogen) atoms. The molecule has 0 unspecified atom stereocenters. The maximum Gasteiger partial charge on any atom is 0.282 e. The lowest BCUT2D eigenvalue weighted by molar-refractivity contribution is -0.255. The molecule has 9 heteroatoms. The van der Waals surface area contributed by atoms with Gasteiger partial charge < -0.3 is 11.1 Å². The topological polar surface area (TPSA) is 127 Å². The smallest absolute Gasteiger partial charge is 0.282 e. The Hall–Kier alpha value is -4.31. The molecule has 0 saturated heterocycles. The third-order valence-electron chi connectivity index (χ3n) is 7.04. The number of nitrogens with zero attached hydrogens (tertiary/aromatic N) is 2. The lowest BCUT2D eigenvalue weighted by atomic mass is 9.82. The second-order valence-electron chi connectivity index (χ2n) is 9.85. The minimum absolute atomic E-state index is 0.0274. The van der Waals surface area contributed by atoms with Gasteiger partial charge in [0, 0.05) is 23.8 Å². The molecule has 0 aromatic heterocycles. The van der Waals surface area contributed by atoms with Gasteiger partial charge in [-0.1, -0.05) is 36.1 Å². The first kappa shape index (κ1) is 28.7. The van der Waals surface area contributed by atoms with Crippen molar-refractivity contribution in [2.75, 3.05) is 0 Å². The highest BCUT2D eigenvalue weighted by atomic mass is 32.2. The van der Waals surface area contributed by atoms with E-state index in [0.29, 0.717) is 48.1 Å². The van der Waals surface area contributed by atoms with Gasteiger partial charge >= 0.3 is 0 Å². The standard InChI is InChI=1S/C31H29FN4O3S/c1-21(23-12-15-28(32)16-13-23)36-31(37)26-8-6-22(7-9-26)20-35-40(38,39)29-17-14-25(30(34)18-29)11-10-24-4-2-3-5-27(24)19-33/h2-5,12-18,20-22,26H,6-9,34H2,1H3,(H,36,37)/p+1/b35-20-/t21-,22?,26?/m1/s1. The minimum atomic E-state index is -3.92. The Morgan fingerprint density at radius 2 is 1.68 bits per heavy atom. The van der Waals surface area contributed by atoms with Crippen molar-refractivity contribution in [1.82, 2.24) is 5.32 Å². The van der Waals surface area contributed by atoms with E-state index >= 15 is 0 Å². The van der Waals surface area contributed by atoms with E-state index in [1.54, 1.807) is 42.5 Å². The Morgan fingerprint density at radius 1 is 1.02 bits per heavy atom. The molecule has 7 nitrogen and oxygen atoms in total. The maximum absolute atomic E-state index is 13.2. The van der Waals surface area contributed by atoms with Crippen LogP contribution in [0.4, 0.5) is 10.1 Å². The van der Waals surface area contributed by atoms with E-state index in [9.17, 15) is 22.9 Å². The van der Waals surface area contributed by atoms with Gasteiger partial charge in [-0.05, 0) is 80.5 Å². The van der Waals surface area contributed by atoms with Crippen LogP contribution >= 0.6 is 0 Å². The van der Waals surface area contributed by atoms with Gasteiger partial charge in [-0.2, -0.15) is 18.1 Å². The van der Waals surface area contributed by atoms with Crippen molar-refractivity contribution in [3.8, 4) is 17.9 Å². The van der Waals surface area contributed by atoms with Crippen molar-refractivity contribution in [2.45, 2.75) is 43.5 Å². The number of amides is 1. The highest BCUT2D eigenvalue weighted by Gasteiger charge is 2.27. The highest BCUT2D eigenvalue weighted by molar-refractivity contribution is 7.90. The summed E-state index contributed by atoms with van der Waals surface area (Å²) >= 11 is 0. The third kappa shape index (κ3) is 7.20. The number of carbonyl (C=O) groups is 1. The average Bonchev–Trinajstić information content (AvgIpc) is 2.96. The summed E-state index contributed by atoms with van der Waals surface area (Å²) in [5.74, 6) is 5.32. The van der Waals surface area contributed by atoms with Crippen LogP contribution in [0.3, 0.4) is 0 Å². The molecule has 4 N–H and O–H groups in total. The number of quaternary nitrogens is 1. The molecule has 1 saturated carbocycles. The van der Waals surface area contributed by atoms with Crippen molar-refractivity contribution in [1.29, 1.82) is 5.26 Å². The molecular weight excluding hydrogens is 527 g/mol. The second kappa shape index (κ2) is 12.7. The molecule has 1 aliphatic rings. The fourth-order valence-electron chi connectivity index (χ4n) is 4.60. The molecule has 204 valence electrons. The van der Waals surface area contributed by atoms with Gasteiger partial charge in [0.2, 0.25) is 5.91 Å². The Bertz CT molecular complexity index is 1630. The molecule has 0 spiro atoms. The van der Waals surface area contributed by atoms with E-state index in [1.807, 2.05) is 6.92 Å². The molecule has 3 aromatic carbocycles.